The molecular formula is C13H18N2O2. The molecule has 0 atom stereocenters. The Morgan fingerprint density at radius 1 is 1.41 bits per heavy atom. The molecule has 1 heterocycles. The average molecular weight is 234 g/mol. The van der Waals surface area contributed by atoms with Gasteiger partial charge in [-0.1, -0.05) is 12.1 Å². The number of nitrogens with one attached hydrogen (secondary N) is 1. The van der Waals surface area contributed by atoms with Gasteiger partial charge in [-0.25, -0.2) is 0 Å². The van der Waals surface area contributed by atoms with Gasteiger partial charge in [0.2, 0.25) is 5.91 Å². The Kier molecular flexibility index (Phi) is 3.98. The van der Waals surface area contributed by atoms with Crippen LogP contribution in [0.4, 0.5) is 5.69 Å². The van der Waals surface area contributed by atoms with Crippen molar-refractivity contribution in [2.24, 2.45) is 0 Å². The van der Waals surface area contributed by atoms with Crippen molar-refractivity contribution >= 4 is 11.6 Å². The molecule has 1 amide bonds. The van der Waals surface area contributed by atoms with Crippen molar-refractivity contribution in [1.82, 2.24) is 5.32 Å². The Morgan fingerprint density at radius 3 is 3.06 bits per heavy atom. The van der Waals surface area contributed by atoms with Crippen molar-refractivity contribution in [3.05, 3.63) is 24.3 Å². The van der Waals surface area contributed by atoms with Crippen LogP contribution in [0.25, 0.3) is 0 Å². The van der Waals surface area contributed by atoms with Gasteiger partial charge in [0.15, 0.2) is 0 Å². The van der Waals surface area contributed by atoms with Crippen LogP contribution >= 0.6 is 0 Å². The number of benzene rings is 1. The first-order valence-electron chi connectivity index (χ1n) is 5.99. The fourth-order valence-electron chi connectivity index (χ4n) is 1.98. The highest BCUT2D eigenvalue weighted by molar-refractivity contribution is 5.95. The standard InChI is InChI=1S/C13H18N2O2/c1-14-8-4-9-15-11-5-2-3-6-12(11)17-10-7-13(15)16/h2-3,5-6,14H,4,7-10H2,1H3. The molecule has 0 spiro atoms. The summed E-state index contributed by atoms with van der Waals surface area (Å²) in [5.41, 5.74) is 0.895. The van der Waals surface area contributed by atoms with E-state index in [0.717, 1.165) is 30.9 Å². The van der Waals surface area contributed by atoms with Gasteiger partial charge in [-0.05, 0) is 32.1 Å². The van der Waals surface area contributed by atoms with Gasteiger partial charge in [0.25, 0.3) is 0 Å². The summed E-state index contributed by atoms with van der Waals surface area (Å²) in [6.07, 6.45) is 1.39. The fourth-order valence-corrected chi connectivity index (χ4v) is 1.98. The molecule has 0 fully saturated rings. The highest BCUT2D eigenvalue weighted by atomic mass is 16.5. The molecule has 17 heavy (non-hydrogen) atoms. The third kappa shape index (κ3) is 2.77. The second-order valence-corrected chi connectivity index (χ2v) is 4.07. The number of carbonyl (C=O) groups is 1. The molecule has 0 radical (unpaired) electrons. The number of carbonyl (C=O) groups excluding carboxylic acids is 1. The molecule has 1 aromatic rings. The number of hydrogen-bond donors (Lipinski definition) is 1. The van der Waals surface area contributed by atoms with E-state index in [2.05, 4.69) is 5.32 Å². The highest BCUT2D eigenvalue weighted by Crippen LogP contribution is 2.30. The maximum absolute atomic E-state index is 12.0. The number of anilines is 1. The summed E-state index contributed by atoms with van der Waals surface area (Å²) in [5.74, 6) is 0.953. The second-order valence-electron chi connectivity index (χ2n) is 4.07. The number of fused-ring (bicyclic) bond motifs is 1. The highest BCUT2D eigenvalue weighted by Gasteiger charge is 2.22. The molecule has 2 rings (SSSR count). The smallest absolute Gasteiger partial charge is 0.230 e. The zero-order chi connectivity index (χ0) is 12.1. The normalized spacial score (nSPS) is 15.1. The molecule has 1 aliphatic heterocycles. The number of nitrogens with zero attached hydrogens (tertiary/aromatic N) is 1. The summed E-state index contributed by atoms with van der Waals surface area (Å²) in [4.78, 5) is 13.8. The number of hydrogen-bond acceptors (Lipinski definition) is 3. The van der Waals surface area contributed by atoms with Crippen molar-refractivity contribution in [1.29, 1.82) is 0 Å². The van der Waals surface area contributed by atoms with Gasteiger partial charge in [-0.2, -0.15) is 0 Å². The van der Waals surface area contributed by atoms with E-state index < -0.39 is 0 Å². The lowest BCUT2D eigenvalue weighted by Gasteiger charge is -2.21. The monoisotopic (exact) mass is 234 g/mol. The lowest BCUT2D eigenvalue weighted by Crippen LogP contribution is -2.32. The molecule has 0 aliphatic carbocycles. The van der Waals surface area contributed by atoms with Gasteiger partial charge in [-0.15, -0.1) is 0 Å². The summed E-state index contributed by atoms with van der Waals surface area (Å²) < 4.78 is 5.58. The van der Waals surface area contributed by atoms with Crippen LogP contribution in [0.2, 0.25) is 0 Å². The molecule has 0 bridgehead atoms. The van der Waals surface area contributed by atoms with Crippen LogP contribution in [-0.4, -0.2) is 32.7 Å². The van der Waals surface area contributed by atoms with Crippen molar-refractivity contribution in [2.45, 2.75) is 12.8 Å². The first-order chi connectivity index (χ1) is 8.33. The molecule has 4 heteroatoms. The van der Waals surface area contributed by atoms with Gasteiger partial charge in [0.05, 0.1) is 18.7 Å². The SMILES string of the molecule is CNCCCN1C(=O)CCOc2ccccc21. The van der Waals surface area contributed by atoms with Crippen molar-refractivity contribution < 1.29 is 9.53 Å². The van der Waals surface area contributed by atoms with E-state index in [1.165, 1.54) is 0 Å². The topological polar surface area (TPSA) is 41.6 Å². The Balaban J connectivity index is 2.18. The minimum Gasteiger partial charge on any atom is -0.491 e. The van der Waals surface area contributed by atoms with E-state index in [-0.39, 0.29) is 5.91 Å². The van der Waals surface area contributed by atoms with E-state index in [0.29, 0.717) is 13.0 Å². The number of amides is 1. The van der Waals surface area contributed by atoms with Crippen LogP contribution in [-0.2, 0) is 4.79 Å². The van der Waals surface area contributed by atoms with Crippen LogP contribution in [0.3, 0.4) is 0 Å². The van der Waals surface area contributed by atoms with Crippen LogP contribution in [0.1, 0.15) is 12.8 Å². The Bertz CT molecular complexity index is 393. The van der Waals surface area contributed by atoms with Gasteiger partial charge >= 0.3 is 0 Å². The molecule has 0 saturated heterocycles. The quantitative estimate of drug-likeness (QED) is 0.801. The summed E-state index contributed by atoms with van der Waals surface area (Å²) in [5, 5.41) is 3.09. The summed E-state index contributed by atoms with van der Waals surface area (Å²) in [7, 11) is 1.92. The summed E-state index contributed by atoms with van der Waals surface area (Å²) >= 11 is 0. The third-order valence-corrected chi connectivity index (χ3v) is 2.84. The Hall–Kier alpha value is -1.55. The van der Waals surface area contributed by atoms with E-state index in [9.17, 15) is 4.79 Å². The lowest BCUT2D eigenvalue weighted by molar-refractivity contribution is -0.118. The van der Waals surface area contributed by atoms with Crippen LogP contribution in [0, 0.1) is 0 Å². The number of rotatable bonds is 4. The molecule has 0 saturated carbocycles. The minimum absolute atomic E-state index is 0.144. The van der Waals surface area contributed by atoms with Crippen LogP contribution in [0.5, 0.6) is 5.75 Å². The van der Waals surface area contributed by atoms with E-state index >= 15 is 0 Å². The number of ether oxygens (including phenoxy) is 1. The maximum Gasteiger partial charge on any atom is 0.230 e. The minimum atomic E-state index is 0.144. The average Bonchev–Trinajstić information content (AvgIpc) is 2.50. The summed E-state index contributed by atoms with van der Waals surface area (Å²) in [6.45, 7) is 2.12. The molecular weight excluding hydrogens is 216 g/mol. The molecule has 92 valence electrons. The predicted molar refractivity (Wildman–Crippen MR) is 67.5 cm³/mol. The van der Waals surface area contributed by atoms with E-state index in [1.807, 2.05) is 36.2 Å². The van der Waals surface area contributed by atoms with Gasteiger partial charge in [-0.3, -0.25) is 4.79 Å². The van der Waals surface area contributed by atoms with Crippen molar-refractivity contribution in [2.75, 3.05) is 31.6 Å². The molecule has 0 aromatic heterocycles. The lowest BCUT2D eigenvalue weighted by atomic mass is 10.2. The zero-order valence-corrected chi connectivity index (χ0v) is 10.1. The van der Waals surface area contributed by atoms with E-state index in [4.69, 9.17) is 4.74 Å². The summed E-state index contributed by atoms with van der Waals surface area (Å²) in [6, 6.07) is 7.73. The largest absolute Gasteiger partial charge is 0.491 e. The fraction of sp³-hybridized carbons (Fsp3) is 0.462. The van der Waals surface area contributed by atoms with Gasteiger partial charge in [0.1, 0.15) is 5.75 Å². The van der Waals surface area contributed by atoms with Gasteiger partial charge < -0.3 is 15.0 Å². The molecule has 4 nitrogen and oxygen atoms in total. The Labute approximate surface area is 102 Å². The number of para-hydroxylation sites is 2. The first-order valence-corrected chi connectivity index (χ1v) is 5.99. The maximum atomic E-state index is 12.0. The zero-order valence-electron chi connectivity index (χ0n) is 10.1. The molecule has 1 aliphatic rings. The molecule has 1 N–H and O–H groups in total. The van der Waals surface area contributed by atoms with E-state index in [1.54, 1.807) is 0 Å². The Morgan fingerprint density at radius 2 is 2.24 bits per heavy atom. The predicted octanol–water partition coefficient (Wildman–Crippen LogP) is 1.41. The third-order valence-electron chi connectivity index (χ3n) is 2.84. The first kappa shape index (κ1) is 11.9. The van der Waals surface area contributed by atoms with Crippen LogP contribution < -0.4 is 15.0 Å². The van der Waals surface area contributed by atoms with Crippen LogP contribution in [0.15, 0.2) is 24.3 Å². The van der Waals surface area contributed by atoms with Crippen molar-refractivity contribution in [3.8, 4) is 5.75 Å². The molecule has 0 unspecified atom stereocenters. The van der Waals surface area contributed by atoms with Crippen molar-refractivity contribution in [3.63, 3.8) is 0 Å². The molecule has 1 aromatic carbocycles. The van der Waals surface area contributed by atoms with Gasteiger partial charge in [0, 0.05) is 6.54 Å². The second kappa shape index (κ2) is 5.68.